The van der Waals surface area contributed by atoms with Crippen LogP contribution in [0.3, 0.4) is 0 Å². The second kappa shape index (κ2) is 12.3. The molecule has 0 spiro atoms. The minimum absolute atomic E-state index is 0.0184. The topological polar surface area (TPSA) is 68.3 Å². The zero-order chi connectivity index (χ0) is 27.3. The molecule has 4 rings (SSSR count). The van der Waals surface area contributed by atoms with Crippen molar-refractivity contribution in [3.05, 3.63) is 82.4 Å². The molecule has 0 aromatic heterocycles. The molecule has 0 amide bonds. The van der Waals surface area contributed by atoms with Crippen LogP contribution < -0.4 is 13.8 Å². The molecule has 0 unspecified atom stereocenters. The Balaban J connectivity index is 1.80. The van der Waals surface area contributed by atoms with E-state index in [-0.39, 0.29) is 34.9 Å². The van der Waals surface area contributed by atoms with Crippen LogP contribution in [0.15, 0.2) is 59.5 Å². The molecule has 1 saturated heterocycles. The summed E-state index contributed by atoms with van der Waals surface area (Å²) in [6.07, 6.45) is -0.191. The first-order chi connectivity index (χ1) is 18.2. The molecular formula is C27H29ClF2N2O5S. The van der Waals surface area contributed by atoms with E-state index in [2.05, 4.69) is 4.90 Å². The van der Waals surface area contributed by atoms with Gasteiger partial charge >= 0.3 is 0 Å². The molecule has 38 heavy (non-hydrogen) atoms. The van der Waals surface area contributed by atoms with Crippen molar-refractivity contribution in [2.45, 2.75) is 11.3 Å². The van der Waals surface area contributed by atoms with Gasteiger partial charge < -0.3 is 14.2 Å². The predicted molar refractivity (Wildman–Crippen MR) is 142 cm³/mol. The van der Waals surface area contributed by atoms with E-state index < -0.39 is 21.7 Å². The average Bonchev–Trinajstić information content (AvgIpc) is 2.92. The number of benzene rings is 3. The number of anilines is 1. The van der Waals surface area contributed by atoms with E-state index in [1.807, 2.05) is 0 Å². The molecule has 0 aliphatic carbocycles. The van der Waals surface area contributed by atoms with Crippen LogP contribution in [0.4, 0.5) is 14.5 Å². The molecule has 1 heterocycles. The molecule has 0 radical (unpaired) electrons. The number of morpholine rings is 1. The smallest absolute Gasteiger partial charge is 0.264 e. The third-order valence-corrected chi connectivity index (χ3v) is 8.45. The van der Waals surface area contributed by atoms with Crippen LogP contribution in [0.25, 0.3) is 0 Å². The third kappa shape index (κ3) is 6.20. The van der Waals surface area contributed by atoms with E-state index in [0.29, 0.717) is 49.2 Å². The number of nitrogens with zero attached hydrogens (tertiary/aromatic N) is 2. The molecule has 0 atom stereocenters. The lowest BCUT2D eigenvalue weighted by Crippen LogP contribution is -2.43. The maximum atomic E-state index is 14.6. The van der Waals surface area contributed by atoms with Crippen LogP contribution in [-0.4, -0.2) is 66.9 Å². The summed E-state index contributed by atoms with van der Waals surface area (Å²) in [6.45, 7) is 2.95. The second-order valence-corrected chi connectivity index (χ2v) is 11.0. The molecule has 0 N–H and O–H groups in total. The van der Waals surface area contributed by atoms with Gasteiger partial charge in [-0.1, -0.05) is 17.7 Å². The Bertz CT molecular complexity index is 1360. The van der Waals surface area contributed by atoms with E-state index in [4.69, 9.17) is 25.8 Å². The summed E-state index contributed by atoms with van der Waals surface area (Å²) >= 11 is 6.26. The first-order valence-corrected chi connectivity index (χ1v) is 13.8. The first kappa shape index (κ1) is 28.1. The van der Waals surface area contributed by atoms with Crippen LogP contribution in [0.1, 0.15) is 11.1 Å². The van der Waals surface area contributed by atoms with Gasteiger partial charge in [0.15, 0.2) is 11.5 Å². The third-order valence-electron chi connectivity index (χ3n) is 6.41. The van der Waals surface area contributed by atoms with E-state index >= 15 is 0 Å². The van der Waals surface area contributed by atoms with Gasteiger partial charge in [-0.2, -0.15) is 0 Å². The molecule has 3 aromatic carbocycles. The highest BCUT2D eigenvalue weighted by molar-refractivity contribution is 7.92. The molecule has 3 aromatic rings. The Hall–Kier alpha value is -2.92. The van der Waals surface area contributed by atoms with Crippen molar-refractivity contribution in [3.63, 3.8) is 0 Å². The summed E-state index contributed by atoms with van der Waals surface area (Å²) in [5, 5.41) is 0.317. The minimum atomic E-state index is -4.15. The van der Waals surface area contributed by atoms with Gasteiger partial charge in [0.2, 0.25) is 0 Å². The second-order valence-electron chi connectivity index (χ2n) is 8.70. The fourth-order valence-corrected chi connectivity index (χ4v) is 6.07. The Morgan fingerprint density at radius 2 is 1.66 bits per heavy atom. The highest BCUT2D eigenvalue weighted by Crippen LogP contribution is 2.35. The monoisotopic (exact) mass is 566 g/mol. The predicted octanol–water partition coefficient (Wildman–Crippen LogP) is 4.75. The molecule has 0 bridgehead atoms. The van der Waals surface area contributed by atoms with Crippen molar-refractivity contribution in [3.8, 4) is 11.5 Å². The van der Waals surface area contributed by atoms with Gasteiger partial charge in [0, 0.05) is 49.3 Å². The van der Waals surface area contributed by atoms with Crippen molar-refractivity contribution in [2.75, 3.05) is 57.9 Å². The number of halogens is 3. The number of rotatable bonds is 10. The van der Waals surface area contributed by atoms with Crippen molar-refractivity contribution >= 4 is 27.3 Å². The number of hydrogen-bond acceptors (Lipinski definition) is 6. The van der Waals surface area contributed by atoms with Gasteiger partial charge in [-0.3, -0.25) is 9.21 Å². The van der Waals surface area contributed by atoms with Crippen LogP contribution in [0.2, 0.25) is 5.02 Å². The number of hydrogen-bond donors (Lipinski definition) is 0. The number of ether oxygens (including phenoxy) is 3. The average molecular weight is 567 g/mol. The largest absolute Gasteiger partial charge is 0.493 e. The maximum absolute atomic E-state index is 14.6. The quantitative estimate of drug-likeness (QED) is 0.353. The van der Waals surface area contributed by atoms with E-state index in [9.17, 15) is 17.2 Å². The molecule has 204 valence electrons. The van der Waals surface area contributed by atoms with Crippen LogP contribution in [-0.2, 0) is 21.2 Å². The summed E-state index contributed by atoms with van der Waals surface area (Å²) in [6, 6.07) is 12.6. The molecule has 1 aliphatic rings. The molecule has 0 saturated carbocycles. The Morgan fingerprint density at radius 3 is 2.32 bits per heavy atom. The summed E-state index contributed by atoms with van der Waals surface area (Å²) in [4.78, 5) is 2.09. The molecule has 7 nitrogen and oxygen atoms in total. The molecule has 1 aliphatic heterocycles. The minimum Gasteiger partial charge on any atom is -0.493 e. The highest BCUT2D eigenvalue weighted by Gasteiger charge is 2.29. The Labute approximate surface area is 226 Å². The lowest BCUT2D eigenvalue weighted by atomic mass is 10.0. The summed E-state index contributed by atoms with van der Waals surface area (Å²) in [5.41, 5.74) is 0.472. The number of sulfonamides is 1. The van der Waals surface area contributed by atoms with E-state index in [1.165, 1.54) is 61.0 Å². The summed E-state index contributed by atoms with van der Waals surface area (Å²) in [5.74, 6) is -0.808. The van der Waals surface area contributed by atoms with Crippen LogP contribution in [0.5, 0.6) is 11.5 Å². The fraction of sp³-hybridized carbons (Fsp3) is 0.333. The number of methoxy groups -OCH3 is 2. The van der Waals surface area contributed by atoms with E-state index in [1.54, 1.807) is 12.1 Å². The van der Waals surface area contributed by atoms with Crippen molar-refractivity contribution < 1.29 is 31.4 Å². The Morgan fingerprint density at radius 1 is 0.974 bits per heavy atom. The standard InChI is InChI=1S/C27H29ClF2N2O5S/c1-35-26-9-7-21(18-27(26)36-2)38(33,34)32(11-10-31-12-14-37-15-13-31)25-8-6-20(28)16-19(25)17-22-23(29)4-3-5-24(22)30/h3-9,16,18H,10-15,17H2,1-2H3. The zero-order valence-electron chi connectivity index (χ0n) is 21.1. The molecule has 1 fully saturated rings. The summed E-state index contributed by atoms with van der Waals surface area (Å²) in [7, 11) is -1.27. The van der Waals surface area contributed by atoms with Crippen molar-refractivity contribution in [1.82, 2.24) is 4.90 Å². The van der Waals surface area contributed by atoms with Crippen LogP contribution >= 0.6 is 11.6 Å². The van der Waals surface area contributed by atoms with Crippen LogP contribution in [0, 0.1) is 11.6 Å². The zero-order valence-corrected chi connectivity index (χ0v) is 22.7. The maximum Gasteiger partial charge on any atom is 0.264 e. The van der Waals surface area contributed by atoms with Gasteiger partial charge in [-0.05, 0) is 48.0 Å². The van der Waals surface area contributed by atoms with E-state index in [0.717, 1.165) is 0 Å². The van der Waals surface area contributed by atoms with Gasteiger partial charge in [0.1, 0.15) is 11.6 Å². The fourth-order valence-electron chi connectivity index (χ4n) is 4.36. The Kier molecular flexibility index (Phi) is 9.09. The highest BCUT2D eigenvalue weighted by atomic mass is 35.5. The molecule has 11 heteroatoms. The van der Waals surface area contributed by atoms with Crippen molar-refractivity contribution in [2.24, 2.45) is 0 Å². The normalized spacial score (nSPS) is 14.3. The van der Waals surface area contributed by atoms with Crippen molar-refractivity contribution in [1.29, 1.82) is 0 Å². The lowest BCUT2D eigenvalue weighted by Gasteiger charge is -2.32. The lowest BCUT2D eigenvalue weighted by molar-refractivity contribution is 0.0395. The van der Waals surface area contributed by atoms with Gasteiger partial charge in [-0.25, -0.2) is 17.2 Å². The summed E-state index contributed by atoms with van der Waals surface area (Å²) < 4.78 is 74.6. The van der Waals surface area contributed by atoms with Gasteiger partial charge in [-0.15, -0.1) is 0 Å². The first-order valence-electron chi connectivity index (χ1n) is 12.0. The van der Waals surface area contributed by atoms with Gasteiger partial charge in [0.25, 0.3) is 10.0 Å². The SMILES string of the molecule is COc1ccc(S(=O)(=O)N(CCN2CCOCC2)c2ccc(Cl)cc2Cc2c(F)cccc2F)cc1OC. The molecular weight excluding hydrogens is 538 g/mol. The van der Waals surface area contributed by atoms with Gasteiger partial charge in [0.05, 0.1) is 38.0 Å².